The molecule has 0 aliphatic carbocycles. The number of hydrogen-bond donors (Lipinski definition) is 4. The van der Waals surface area contributed by atoms with E-state index in [1.807, 2.05) is 30.3 Å². The summed E-state index contributed by atoms with van der Waals surface area (Å²) in [5.41, 5.74) is 13.5. The SMILES string of the molecule is NCCC[C@H](N)C(=O)N[C@H](CCc1cccc(F)c1)C(=O)Nc1cnc2ccccc2c1. The summed E-state index contributed by atoms with van der Waals surface area (Å²) in [4.78, 5) is 29.9. The fourth-order valence-corrected chi connectivity index (χ4v) is 3.39. The Balaban J connectivity index is 1.72. The lowest BCUT2D eigenvalue weighted by Gasteiger charge is -2.21. The van der Waals surface area contributed by atoms with Crippen LogP contribution in [0.25, 0.3) is 10.9 Å². The first-order chi connectivity index (χ1) is 15.5. The van der Waals surface area contributed by atoms with Crippen LogP contribution >= 0.6 is 0 Å². The van der Waals surface area contributed by atoms with Crippen LogP contribution in [-0.2, 0) is 16.0 Å². The van der Waals surface area contributed by atoms with Crippen molar-refractivity contribution in [2.75, 3.05) is 11.9 Å². The minimum absolute atomic E-state index is 0.283. The minimum Gasteiger partial charge on any atom is -0.343 e. The maximum atomic E-state index is 13.5. The third-order valence-electron chi connectivity index (χ3n) is 5.16. The van der Waals surface area contributed by atoms with E-state index in [4.69, 9.17) is 11.5 Å². The largest absolute Gasteiger partial charge is 0.343 e. The fraction of sp³-hybridized carbons (Fsp3) is 0.292. The van der Waals surface area contributed by atoms with Crippen LogP contribution in [0.15, 0.2) is 60.8 Å². The molecule has 0 unspecified atom stereocenters. The average molecular weight is 438 g/mol. The first kappa shape index (κ1) is 23.3. The number of benzene rings is 2. The molecule has 1 heterocycles. The molecule has 8 heteroatoms. The van der Waals surface area contributed by atoms with Gasteiger partial charge in [-0.15, -0.1) is 0 Å². The van der Waals surface area contributed by atoms with Crippen LogP contribution < -0.4 is 22.1 Å². The van der Waals surface area contributed by atoms with Gasteiger partial charge in [-0.3, -0.25) is 14.6 Å². The highest BCUT2D eigenvalue weighted by molar-refractivity contribution is 5.98. The number of para-hydroxylation sites is 1. The highest BCUT2D eigenvalue weighted by atomic mass is 19.1. The molecule has 7 nitrogen and oxygen atoms in total. The topological polar surface area (TPSA) is 123 Å². The summed E-state index contributed by atoms with van der Waals surface area (Å²) >= 11 is 0. The normalized spacial score (nSPS) is 12.8. The van der Waals surface area contributed by atoms with Crippen molar-refractivity contribution >= 4 is 28.4 Å². The standard InChI is InChI=1S/C24H28FN5O2/c25-18-7-3-5-16(13-18)10-11-22(30-23(31)20(27)8-4-12-26)24(32)29-19-14-17-6-1-2-9-21(17)28-15-19/h1-3,5-7,9,13-15,20,22H,4,8,10-12,26-27H2,(H,29,32)(H,30,31)/t20-,22+/m0/s1. The van der Waals surface area contributed by atoms with Crippen LogP contribution in [0.1, 0.15) is 24.8 Å². The van der Waals surface area contributed by atoms with Gasteiger partial charge < -0.3 is 22.1 Å². The predicted molar refractivity (Wildman–Crippen MR) is 123 cm³/mol. The Labute approximate surface area is 186 Å². The van der Waals surface area contributed by atoms with Crippen molar-refractivity contribution < 1.29 is 14.0 Å². The average Bonchev–Trinajstić information content (AvgIpc) is 2.79. The summed E-state index contributed by atoms with van der Waals surface area (Å²) in [6, 6.07) is 13.9. The summed E-state index contributed by atoms with van der Waals surface area (Å²) in [6.45, 7) is 0.430. The number of amides is 2. The number of anilines is 1. The molecule has 2 atom stereocenters. The smallest absolute Gasteiger partial charge is 0.247 e. The lowest BCUT2D eigenvalue weighted by molar-refractivity contribution is -0.127. The van der Waals surface area contributed by atoms with Crippen LogP contribution in [0.3, 0.4) is 0 Å². The molecule has 2 aromatic carbocycles. The zero-order valence-electron chi connectivity index (χ0n) is 17.8. The second kappa shape index (κ2) is 11.3. The summed E-state index contributed by atoms with van der Waals surface area (Å²) in [6.07, 6.45) is 3.29. The van der Waals surface area contributed by atoms with E-state index in [2.05, 4.69) is 15.6 Å². The highest BCUT2D eigenvalue weighted by Gasteiger charge is 2.24. The number of rotatable bonds is 10. The van der Waals surface area contributed by atoms with Gasteiger partial charge in [-0.05, 0) is 62.1 Å². The number of pyridine rings is 1. The predicted octanol–water partition coefficient (Wildman–Crippen LogP) is 2.50. The number of aryl methyl sites for hydroxylation is 1. The third-order valence-corrected chi connectivity index (χ3v) is 5.16. The molecule has 0 saturated heterocycles. The van der Waals surface area contributed by atoms with Crippen molar-refractivity contribution in [1.29, 1.82) is 0 Å². The van der Waals surface area contributed by atoms with Crippen molar-refractivity contribution in [2.45, 2.75) is 37.8 Å². The molecular formula is C24H28FN5O2. The van der Waals surface area contributed by atoms with E-state index < -0.39 is 23.9 Å². The summed E-state index contributed by atoms with van der Waals surface area (Å²) < 4.78 is 13.5. The maximum Gasteiger partial charge on any atom is 0.247 e. The minimum atomic E-state index is -0.846. The van der Waals surface area contributed by atoms with Crippen molar-refractivity contribution in [3.05, 3.63) is 72.2 Å². The highest BCUT2D eigenvalue weighted by Crippen LogP contribution is 2.17. The Morgan fingerprint density at radius 3 is 2.62 bits per heavy atom. The number of carbonyl (C=O) groups is 2. The van der Waals surface area contributed by atoms with E-state index in [1.165, 1.54) is 12.1 Å². The molecule has 0 radical (unpaired) electrons. The molecule has 6 N–H and O–H groups in total. The van der Waals surface area contributed by atoms with Crippen LogP contribution in [-0.4, -0.2) is 35.4 Å². The number of halogens is 1. The zero-order chi connectivity index (χ0) is 22.9. The molecule has 168 valence electrons. The lowest BCUT2D eigenvalue weighted by Crippen LogP contribution is -2.50. The number of fused-ring (bicyclic) bond motifs is 1. The van der Waals surface area contributed by atoms with Crippen LogP contribution in [0.4, 0.5) is 10.1 Å². The van der Waals surface area contributed by atoms with Gasteiger partial charge >= 0.3 is 0 Å². The summed E-state index contributed by atoms with van der Waals surface area (Å²) in [5.74, 6) is -1.16. The Kier molecular flexibility index (Phi) is 8.24. The number of nitrogens with two attached hydrogens (primary N) is 2. The molecular weight excluding hydrogens is 409 g/mol. The molecule has 0 bridgehead atoms. The van der Waals surface area contributed by atoms with E-state index in [0.717, 1.165) is 16.5 Å². The molecule has 0 spiro atoms. The van der Waals surface area contributed by atoms with Gasteiger partial charge in [0.05, 0.1) is 23.4 Å². The third kappa shape index (κ3) is 6.57. The van der Waals surface area contributed by atoms with Crippen molar-refractivity contribution in [3.63, 3.8) is 0 Å². The molecule has 0 fully saturated rings. The molecule has 3 rings (SSSR count). The van der Waals surface area contributed by atoms with Gasteiger partial charge in [-0.2, -0.15) is 0 Å². The Morgan fingerprint density at radius 2 is 1.84 bits per heavy atom. The molecule has 0 aliphatic heterocycles. The Hall–Kier alpha value is -3.36. The first-order valence-corrected chi connectivity index (χ1v) is 10.6. The summed E-state index contributed by atoms with van der Waals surface area (Å²) in [7, 11) is 0. The van der Waals surface area contributed by atoms with E-state index in [1.54, 1.807) is 18.3 Å². The van der Waals surface area contributed by atoms with Gasteiger partial charge in [0.25, 0.3) is 0 Å². The van der Waals surface area contributed by atoms with Gasteiger partial charge in [-0.1, -0.05) is 30.3 Å². The number of nitrogens with zero attached hydrogens (tertiary/aromatic N) is 1. The van der Waals surface area contributed by atoms with Crippen molar-refractivity contribution in [2.24, 2.45) is 11.5 Å². The van der Waals surface area contributed by atoms with Crippen LogP contribution in [0.2, 0.25) is 0 Å². The second-order valence-corrected chi connectivity index (χ2v) is 7.67. The van der Waals surface area contributed by atoms with Crippen molar-refractivity contribution in [1.82, 2.24) is 10.3 Å². The number of hydrogen-bond acceptors (Lipinski definition) is 5. The number of nitrogens with one attached hydrogen (secondary N) is 2. The van der Waals surface area contributed by atoms with Gasteiger partial charge in [0.15, 0.2) is 0 Å². The van der Waals surface area contributed by atoms with Gasteiger partial charge in [0.1, 0.15) is 11.9 Å². The number of aromatic nitrogens is 1. The Bertz CT molecular complexity index is 1070. The van der Waals surface area contributed by atoms with Gasteiger partial charge in [-0.25, -0.2) is 4.39 Å². The number of carbonyl (C=O) groups excluding carboxylic acids is 2. The lowest BCUT2D eigenvalue weighted by atomic mass is 10.0. The molecule has 0 saturated carbocycles. The molecule has 2 amide bonds. The van der Waals surface area contributed by atoms with E-state index in [-0.39, 0.29) is 12.2 Å². The zero-order valence-corrected chi connectivity index (χ0v) is 17.8. The second-order valence-electron chi connectivity index (χ2n) is 7.67. The molecule has 1 aromatic heterocycles. The monoisotopic (exact) mass is 437 g/mol. The fourth-order valence-electron chi connectivity index (χ4n) is 3.39. The Morgan fingerprint density at radius 1 is 1.03 bits per heavy atom. The van der Waals surface area contributed by atoms with Crippen LogP contribution in [0.5, 0.6) is 0 Å². The van der Waals surface area contributed by atoms with Crippen LogP contribution in [0, 0.1) is 5.82 Å². The summed E-state index contributed by atoms with van der Waals surface area (Å²) in [5, 5.41) is 6.44. The maximum absolute atomic E-state index is 13.5. The van der Waals surface area contributed by atoms with Gasteiger partial charge in [0, 0.05) is 5.39 Å². The first-order valence-electron chi connectivity index (χ1n) is 10.6. The van der Waals surface area contributed by atoms with E-state index in [9.17, 15) is 14.0 Å². The van der Waals surface area contributed by atoms with E-state index in [0.29, 0.717) is 31.5 Å². The molecule has 3 aromatic rings. The molecule has 0 aliphatic rings. The van der Waals surface area contributed by atoms with Gasteiger partial charge in [0.2, 0.25) is 11.8 Å². The quantitative estimate of drug-likeness (QED) is 0.388. The van der Waals surface area contributed by atoms with E-state index >= 15 is 0 Å². The van der Waals surface area contributed by atoms with Crippen molar-refractivity contribution in [3.8, 4) is 0 Å². The molecule has 32 heavy (non-hydrogen) atoms.